The molecule has 3 aromatic rings. The average molecular weight is 348 g/mol. The second-order valence-corrected chi connectivity index (χ2v) is 6.80. The van der Waals surface area contributed by atoms with Crippen molar-refractivity contribution in [3.8, 4) is 0 Å². The minimum atomic E-state index is -0.205. The van der Waals surface area contributed by atoms with Crippen LogP contribution in [0.4, 0.5) is 0 Å². The fourth-order valence-electron chi connectivity index (χ4n) is 3.63. The van der Waals surface area contributed by atoms with E-state index in [2.05, 4.69) is 11.1 Å². The van der Waals surface area contributed by atoms with Gasteiger partial charge in [0.25, 0.3) is 5.91 Å². The summed E-state index contributed by atoms with van der Waals surface area (Å²) in [6.07, 6.45) is 6.58. The number of hydrogen-bond acceptors (Lipinski definition) is 4. The molecule has 0 radical (unpaired) electrons. The number of carbonyl (C=O) groups is 1. The van der Waals surface area contributed by atoms with Crippen LogP contribution in [0.3, 0.4) is 0 Å². The van der Waals surface area contributed by atoms with Crippen LogP contribution in [0.1, 0.15) is 29.0 Å². The van der Waals surface area contributed by atoms with Gasteiger partial charge in [-0.25, -0.2) is 0 Å². The Morgan fingerprint density at radius 1 is 1.23 bits per heavy atom. The van der Waals surface area contributed by atoms with E-state index in [1.54, 1.807) is 35.4 Å². The van der Waals surface area contributed by atoms with Crippen molar-refractivity contribution in [2.45, 2.75) is 19.3 Å². The van der Waals surface area contributed by atoms with Gasteiger partial charge in [0.15, 0.2) is 11.2 Å². The van der Waals surface area contributed by atoms with Gasteiger partial charge < -0.3 is 9.32 Å². The van der Waals surface area contributed by atoms with Crippen LogP contribution in [0.5, 0.6) is 0 Å². The van der Waals surface area contributed by atoms with Crippen molar-refractivity contribution in [3.63, 3.8) is 0 Å². The van der Waals surface area contributed by atoms with Gasteiger partial charge in [-0.2, -0.15) is 0 Å². The third kappa shape index (κ3) is 3.38. The van der Waals surface area contributed by atoms with E-state index in [0.717, 1.165) is 19.3 Å². The van der Waals surface area contributed by atoms with E-state index in [-0.39, 0.29) is 17.1 Å². The number of hydrogen-bond donors (Lipinski definition) is 0. The molecule has 5 nitrogen and oxygen atoms in total. The Morgan fingerprint density at radius 2 is 2.12 bits per heavy atom. The van der Waals surface area contributed by atoms with E-state index in [1.165, 1.54) is 11.6 Å². The lowest BCUT2D eigenvalue weighted by Crippen LogP contribution is -2.40. The number of likely N-dealkylation sites (tertiary alicyclic amines) is 1. The highest BCUT2D eigenvalue weighted by atomic mass is 16.3. The Morgan fingerprint density at radius 3 is 2.96 bits per heavy atom. The maximum Gasteiger partial charge on any atom is 0.289 e. The summed E-state index contributed by atoms with van der Waals surface area (Å²) < 4.78 is 5.71. The van der Waals surface area contributed by atoms with Crippen LogP contribution in [0.2, 0.25) is 0 Å². The molecule has 0 spiro atoms. The zero-order valence-corrected chi connectivity index (χ0v) is 14.4. The maximum atomic E-state index is 12.9. The van der Waals surface area contributed by atoms with Gasteiger partial charge in [-0.1, -0.05) is 18.2 Å². The molecule has 1 aliphatic rings. The van der Waals surface area contributed by atoms with Gasteiger partial charge in [0, 0.05) is 31.5 Å². The van der Waals surface area contributed by atoms with E-state index < -0.39 is 0 Å². The number of rotatable bonds is 3. The summed E-state index contributed by atoms with van der Waals surface area (Å²) in [6, 6.07) is 12.3. The molecule has 5 heteroatoms. The van der Waals surface area contributed by atoms with E-state index in [9.17, 15) is 9.59 Å². The molecule has 0 aliphatic carbocycles. The molecular weight excluding hydrogens is 328 g/mol. The molecule has 1 amide bonds. The molecule has 2 aromatic heterocycles. The second kappa shape index (κ2) is 7.12. The minimum Gasteiger partial charge on any atom is -0.451 e. The number of para-hydroxylation sites is 1. The van der Waals surface area contributed by atoms with Gasteiger partial charge >= 0.3 is 0 Å². The maximum absolute atomic E-state index is 12.9. The van der Waals surface area contributed by atoms with Crippen LogP contribution in [0, 0.1) is 5.92 Å². The van der Waals surface area contributed by atoms with Crippen LogP contribution < -0.4 is 5.43 Å². The first-order chi connectivity index (χ1) is 12.7. The molecule has 1 fully saturated rings. The Labute approximate surface area is 151 Å². The molecule has 26 heavy (non-hydrogen) atoms. The normalized spacial score (nSPS) is 17.4. The number of pyridine rings is 1. The van der Waals surface area contributed by atoms with Crippen molar-refractivity contribution in [1.82, 2.24) is 9.88 Å². The molecule has 4 rings (SSSR count). The molecular formula is C21H20N2O3. The van der Waals surface area contributed by atoms with Crippen LogP contribution in [-0.2, 0) is 6.42 Å². The highest BCUT2D eigenvalue weighted by Crippen LogP contribution is 2.22. The smallest absolute Gasteiger partial charge is 0.289 e. The van der Waals surface area contributed by atoms with Crippen molar-refractivity contribution in [1.29, 1.82) is 0 Å². The lowest BCUT2D eigenvalue weighted by Gasteiger charge is -2.32. The lowest BCUT2D eigenvalue weighted by molar-refractivity contribution is 0.0642. The van der Waals surface area contributed by atoms with Crippen molar-refractivity contribution >= 4 is 16.9 Å². The first kappa shape index (κ1) is 16.5. The summed E-state index contributed by atoms with van der Waals surface area (Å²) in [4.78, 5) is 31.1. The molecule has 3 heterocycles. The zero-order chi connectivity index (χ0) is 17.9. The number of amides is 1. The minimum absolute atomic E-state index is 0.121. The summed E-state index contributed by atoms with van der Waals surface area (Å²) in [5.74, 6) is 0.309. The molecule has 0 saturated carbocycles. The van der Waals surface area contributed by atoms with Gasteiger partial charge in [0.1, 0.15) is 5.58 Å². The van der Waals surface area contributed by atoms with Crippen molar-refractivity contribution in [2.24, 2.45) is 5.92 Å². The third-order valence-corrected chi connectivity index (χ3v) is 4.90. The molecule has 132 valence electrons. The standard InChI is InChI=1S/C21H20N2O3/c24-18-12-20(26-19-8-2-1-7-17(18)19)21(25)23-10-4-6-16(14-23)11-15-5-3-9-22-13-15/h1-3,5,7-9,12-13,16H,4,6,10-11,14H2/t16-/m0/s1. The second-order valence-electron chi connectivity index (χ2n) is 6.80. The summed E-state index contributed by atoms with van der Waals surface area (Å²) in [6.45, 7) is 1.36. The predicted molar refractivity (Wildman–Crippen MR) is 99.1 cm³/mol. The van der Waals surface area contributed by atoms with Gasteiger partial charge in [-0.3, -0.25) is 14.6 Å². The Balaban J connectivity index is 1.53. The fourth-order valence-corrected chi connectivity index (χ4v) is 3.63. The zero-order valence-electron chi connectivity index (χ0n) is 14.4. The summed E-state index contributed by atoms with van der Waals surface area (Å²) >= 11 is 0. The first-order valence-electron chi connectivity index (χ1n) is 8.92. The van der Waals surface area contributed by atoms with Crippen molar-refractivity contribution in [3.05, 3.63) is 76.4 Å². The largest absolute Gasteiger partial charge is 0.451 e. The van der Waals surface area contributed by atoms with E-state index >= 15 is 0 Å². The summed E-state index contributed by atoms with van der Waals surface area (Å²) in [7, 11) is 0. The Kier molecular flexibility index (Phi) is 4.52. The topological polar surface area (TPSA) is 63.4 Å². The van der Waals surface area contributed by atoms with Crippen LogP contribution in [0.15, 0.2) is 64.1 Å². The molecule has 1 saturated heterocycles. The Bertz CT molecular complexity index is 981. The molecule has 0 bridgehead atoms. The first-order valence-corrected chi connectivity index (χ1v) is 8.92. The van der Waals surface area contributed by atoms with Gasteiger partial charge in [0.2, 0.25) is 0 Å². The highest BCUT2D eigenvalue weighted by Gasteiger charge is 2.26. The fraction of sp³-hybridized carbons (Fsp3) is 0.286. The number of aromatic nitrogens is 1. The summed E-state index contributed by atoms with van der Waals surface area (Å²) in [5, 5.41) is 0.497. The van der Waals surface area contributed by atoms with E-state index in [0.29, 0.717) is 30.0 Å². The van der Waals surface area contributed by atoms with E-state index in [1.807, 2.05) is 12.3 Å². The van der Waals surface area contributed by atoms with Crippen molar-refractivity contribution < 1.29 is 9.21 Å². The molecule has 1 aliphatic heterocycles. The Hall–Kier alpha value is -2.95. The SMILES string of the molecule is O=C(c1cc(=O)c2ccccc2o1)N1CCC[C@@H](Cc2cccnc2)C1. The van der Waals surface area contributed by atoms with Crippen LogP contribution in [0.25, 0.3) is 11.0 Å². The van der Waals surface area contributed by atoms with Crippen LogP contribution in [-0.4, -0.2) is 28.9 Å². The lowest BCUT2D eigenvalue weighted by atomic mass is 9.92. The molecule has 1 aromatic carbocycles. The highest BCUT2D eigenvalue weighted by molar-refractivity contribution is 5.93. The van der Waals surface area contributed by atoms with Crippen LogP contribution >= 0.6 is 0 Å². The number of fused-ring (bicyclic) bond motifs is 1. The van der Waals surface area contributed by atoms with Crippen molar-refractivity contribution in [2.75, 3.05) is 13.1 Å². The van der Waals surface area contributed by atoms with Gasteiger partial charge in [0.05, 0.1) is 5.39 Å². The summed E-state index contributed by atoms with van der Waals surface area (Å²) in [5.41, 5.74) is 1.45. The monoisotopic (exact) mass is 348 g/mol. The predicted octanol–water partition coefficient (Wildman–Crippen LogP) is 3.28. The number of nitrogens with zero attached hydrogens (tertiary/aromatic N) is 2. The molecule has 0 N–H and O–H groups in total. The molecule has 1 atom stereocenters. The quantitative estimate of drug-likeness (QED) is 0.729. The van der Waals surface area contributed by atoms with Gasteiger partial charge in [-0.05, 0) is 48.9 Å². The number of benzene rings is 1. The third-order valence-electron chi connectivity index (χ3n) is 4.90. The molecule has 0 unspecified atom stereocenters. The number of piperidine rings is 1. The van der Waals surface area contributed by atoms with E-state index in [4.69, 9.17) is 4.42 Å². The average Bonchev–Trinajstić information content (AvgIpc) is 2.68. The number of carbonyl (C=O) groups excluding carboxylic acids is 1. The van der Waals surface area contributed by atoms with Gasteiger partial charge in [-0.15, -0.1) is 0 Å².